The van der Waals surface area contributed by atoms with Gasteiger partial charge < -0.3 is 0 Å². The predicted octanol–water partition coefficient (Wildman–Crippen LogP) is 9.71. The number of carbonyl (C=O) groups excluding carboxylic acids is 2. The van der Waals surface area contributed by atoms with Crippen molar-refractivity contribution in [2.24, 2.45) is 0 Å². The topological polar surface area (TPSA) is 37.4 Å². The first kappa shape index (κ1) is 25.8. The average Bonchev–Trinajstić information content (AvgIpc) is 3.27. The molecule has 8 rings (SSSR count). The maximum absolute atomic E-state index is 14.6. The zero-order valence-electron chi connectivity index (χ0n) is 21.5. The number of anilines is 1. The van der Waals surface area contributed by atoms with Crippen LogP contribution in [0.2, 0.25) is 0 Å². The van der Waals surface area contributed by atoms with Crippen LogP contribution in [0.3, 0.4) is 0 Å². The van der Waals surface area contributed by atoms with Gasteiger partial charge in [0.05, 0.1) is 11.1 Å². The van der Waals surface area contributed by atoms with Crippen LogP contribution in [-0.4, -0.2) is 11.8 Å². The van der Waals surface area contributed by atoms with E-state index in [1.807, 2.05) is 30.3 Å². The van der Waals surface area contributed by atoms with Gasteiger partial charge >= 0.3 is 0 Å². The molecular weight excluding hydrogens is 629 g/mol. The summed E-state index contributed by atoms with van der Waals surface area (Å²) in [6.07, 6.45) is 0. The van der Waals surface area contributed by atoms with Crippen molar-refractivity contribution < 1.29 is 31.5 Å². The lowest BCUT2D eigenvalue weighted by Crippen LogP contribution is -2.32. The van der Waals surface area contributed by atoms with E-state index in [0.717, 1.165) is 47.6 Å². The summed E-state index contributed by atoms with van der Waals surface area (Å²) in [5.74, 6) is -13.8. The summed E-state index contributed by atoms with van der Waals surface area (Å²) in [7, 11) is 0. The van der Waals surface area contributed by atoms with Crippen LogP contribution in [0.15, 0.2) is 83.3 Å². The molecule has 0 saturated carbocycles. The van der Waals surface area contributed by atoms with Crippen molar-refractivity contribution >= 4 is 87.3 Å². The van der Waals surface area contributed by atoms with Crippen molar-refractivity contribution in [3.05, 3.63) is 124 Å². The summed E-state index contributed by atoms with van der Waals surface area (Å²) in [5.41, 5.74) is -1.98. The second-order valence-electron chi connectivity index (χ2n) is 10.3. The van der Waals surface area contributed by atoms with E-state index in [1.54, 1.807) is 18.2 Å². The molecule has 0 bridgehead atoms. The molecule has 0 spiro atoms. The van der Waals surface area contributed by atoms with Crippen LogP contribution in [0.1, 0.15) is 20.7 Å². The minimum atomic E-state index is -2.38. The number of hydrogen-bond donors (Lipinski definition) is 0. The molecule has 0 fully saturated rings. The summed E-state index contributed by atoms with van der Waals surface area (Å²) in [6, 6.07) is 24.5. The van der Waals surface area contributed by atoms with Gasteiger partial charge in [0.1, 0.15) is 5.69 Å². The van der Waals surface area contributed by atoms with E-state index in [-0.39, 0.29) is 16.0 Å². The summed E-state index contributed by atoms with van der Waals surface area (Å²) in [6.45, 7) is 0. The van der Waals surface area contributed by atoms with Crippen LogP contribution in [0, 0.1) is 29.1 Å². The average molecular weight is 642 g/mol. The number of nitrogens with zero attached hydrogens (tertiary/aromatic N) is 1. The van der Waals surface area contributed by atoms with E-state index in [1.165, 1.54) is 6.07 Å². The molecule has 1 aliphatic rings. The van der Waals surface area contributed by atoms with Crippen LogP contribution in [0.5, 0.6) is 0 Å². The van der Waals surface area contributed by atoms with Gasteiger partial charge in [-0.15, -0.1) is 0 Å². The Balaban J connectivity index is 1.35. The third-order valence-corrected chi connectivity index (χ3v) is 8.95. The van der Waals surface area contributed by atoms with Gasteiger partial charge in [-0.05, 0) is 66.0 Å². The van der Waals surface area contributed by atoms with Gasteiger partial charge in [0.25, 0.3) is 11.8 Å². The van der Waals surface area contributed by atoms with Gasteiger partial charge in [0.2, 0.25) is 5.82 Å². The Morgan fingerprint density at radius 1 is 0.442 bits per heavy atom. The fraction of sp³-hybridized carbons (Fsp3) is 0. The van der Waals surface area contributed by atoms with Gasteiger partial charge in [-0.2, -0.15) is 0 Å². The third kappa shape index (κ3) is 3.28. The fourth-order valence-corrected chi connectivity index (χ4v) is 6.81. The number of halogens is 6. The molecule has 43 heavy (non-hydrogen) atoms. The van der Waals surface area contributed by atoms with E-state index in [2.05, 4.69) is 40.2 Å². The molecule has 7 aromatic rings. The fourth-order valence-electron chi connectivity index (χ4n) is 6.31. The molecule has 9 heteroatoms. The molecular formula is C34H13BrF5NO2. The molecule has 1 aliphatic heterocycles. The Hall–Kier alpha value is -4.89. The van der Waals surface area contributed by atoms with Crippen LogP contribution in [0.4, 0.5) is 27.6 Å². The van der Waals surface area contributed by atoms with E-state index in [4.69, 9.17) is 0 Å². The Bertz CT molecular complexity index is 2450. The monoisotopic (exact) mass is 641 g/mol. The Kier molecular flexibility index (Phi) is 5.28. The van der Waals surface area contributed by atoms with Crippen LogP contribution in [0.25, 0.3) is 53.9 Å². The summed E-state index contributed by atoms with van der Waals surface area (Å²) in [5, 5.41) is 8.81. The molecule has 0 radical (unpaired) electrons. The Labute approximate surface area is 246 Å². The first-order valence-electron chi connectivity index (χ1n) is 13.0. The molecule has 0 saturated heterocycles. The molecule has 2 amide bonds. The molecule has 0 aliphatic carbocycles. The van der Waals surface area contributed by atoms with Crippen molar-refractivity contribution in [2.75, 3.05) is 4.90 Å². The lowest BCUT2D eigenvalue weighted by molar-refractivity contribution is 0.0923. The highest BCUT2D eigenvalue weighted by Crippen LogP contribution is 2.42. The molecule has 3 nitrogen and oxygen atoms in total. The first-order valence-corrected chi connectivity index (χ1v) is 13.8. The van der Waals surface area contributed by atoms with E-state index >= 15 is 0 Å². The molecule has 0 N–H and O–H groups in total. The minimum Gasteiger partial charge on any atom is -0.268 e. The number of imide groups is 1. The number of hydrogen-bond acceptors (Lipinski definition) is 2. The number of amides is 2. The molecule has 0 aromatic heterocycles. The smallest absolute Gasteiger partial charge is 0.266 e. The number of carbonyl (C=O) groups is 2. The van der Waals surface area contributed by atoms with Gasteiger partial charge in [-0.3, -0.25) is 9.59 Å². The zero-order valence-corrected chi connectivity index (χ0v) is 23.1. The minimum absolute atomic E-state index is 0.0137. The first-order chi connectivity index (χ1) is 20.7. The molecule has 208 valence electrons. The summed E-state index contributed by atoms with van der Waals surface area (Å²) in [4.78, 5) is 26.7. The van der Waals surface area contributed by atoms with E-state index in [0.29, 0.717) is 10.8 Å². The maximum Gasteiger partial charge on any atom is 0.266 e. The highest BCUT2D eigenvalue weighted by molar-refractivity contribution is 9.10. The second-order valence-corrected chi connectivity index (χ2v) is 11.2. The Morgan fingerprint density at radius 3 is 1.37 bits per heavy atom. The standard InChI is InChI=1S/C34H13BrF5NO2/c35-25-3-1-2-14-15-4-5-17-16(18(15)8-11-22(14)25)6-7-20-19(17)9-12-23-21(20)10-13-24-26(23)34(43)41(33(24)42)32-30(39)28(37)27(36)29(38)31(32)40/h1-13H. The maximum atomic E-state index is 14.6. The van der Waals surface area contributed by atoms with Crippen molar-refractivity contribution in [3.63, 3.8) is 0 Å². The molecule has 0 atom stereocenters. The highest BCUT2D eigenvalue weighted by atomic mass is 79.9. The SMILES string of the molecule is O=C1c2ccc3c(ccc4c3ccc3c5ccc6c(Br)cccc6c5ccc43)c2C(=O)N1c1c(F)c(F)c(F)c(F)c1F. The Morgan fingerprint density at radius 2 is 0.837 bits per heavy atom. The molecule has 0 unspecified atom stereocenters. The summed E-state index contributed by atoms with van der Waals surface area (Å²) < 4.78 is 71.9. The summed E-state index contributed by atoms with van der Waals surface area (Å²) >= 11 is 3.62. The second kappa shape index (κ2) is 8.81. The lowest BCUT2D eigenvalue weighted by Gasteiger charge is -2.16. The predicted molar refractivity (Wildman–Crippen MR) is 159 cm³/mol. The number of fused-ring (bicyclic) bond motifs is 11. The zero-order chi connectivity index (χ0) is 29.9. The van der Waals surface area contributed by atoms with E-state index < -0.39 is 46.6 Å². The number of benzene rings is 7. The lowest BCUT2D eigenvalue weighted by atomic mass is 9.91. The quantitative estimate of drug-likeness (QED) is 0.0588. The van der Waals surface area contributed by atoms with Crippen LogP contribution < -0.4 is 4.90 Å². The van der Waals surface area contributed by atoms with Crippen molar-refractivity contribution in [3.8, 4) is 0 Å². The van der Waals surface area contributed by atoms with Gasteiger partial charge in [0, 0.05) is 4.47 Å². The molecule has 1 heterocycles. The highest BCUT2D eigenvalue weighted by Gasteiger charge is 2.43. The van der Waals surface area contributed by atoms with Gasteiger partial charge in [0.15, 0.2) is 23.3 Å². The third-order valence-electron chi connectivity index (χ3n) is 8.26. The van der Waals surface area contributed by atoms with Crippen molar-refractivity contribution in [2.45, 2.75) is 0 Å². The van der Waals surface area contributed by atoms with Gasteiger partial charge in [-0.1, -0.05) is 82.7 Å². The normalized spacial score (nSPS) is 13.4. The number of rotatable bonds is 1. The van der Waals surface area contributed by atoms with E-state index in [9.17, 15) is 31.5 Å². The van der Waals surface area contributed by atoms with Crippen LogP contribution in [-0.2, 0) is 0 Å². The van der Waals surface area contributed by atoms with Gasteiger partial charge in [-0.25, -0.2) is 26.9 Å². The molecule has 7 aromatic carbocycles. The van der Waals surface area contributed by atoms with Crippen molar-refractivity contribution in [1.29, 1.82) is 0 Å². The van der Waals surface area contributed by atoms with Crippen molar-refractivity contribution in [1.82, 2.24) is 0 Å². The van der Waals surface area contributed by atoms with Crippen LogP contribution >= 0.6 is 15.9 Å². The largest absolute Gasteiger partial charge is 0.268 e.